The summed E-state index contributed by atoms with van der Waals surface area (Å²) in [5.74, 6) is -0.340. The highest BCUT2D eigenvalue weighted by Gasteiger charge is 2.36. The zero-order chi connectivity index (χ0) is 15.3. The van der Waals surface area contributed by atoms with E-state index in [1.54, 1.807) is 12.1 Å². The number of rotatable bonds is 4. The summed E-state index contributed by atoms with van der Waals surface area (Å²) in [7, 11) is 0. The summed E-state index contributed by atoms with van der Waals surface area (Å²) >= 11 is 3.32. The van der Waals surface area contributed by atoms with Crippen LogP contribution in [0, 0.1) is 11.2 Å². The molecule has 2 rings (SSSR count). The standard InChI is InChI=1S/C16H22BrFN2O/c17-13-5-6-14(18)12(9-13)10-20-15(21)16(11-19)7-3-1-2-4-8-16/h5-6,9H,1-4,7-8,10-11,19H2,(H,20,21). The van der Waals surface area contributed by atoms with Crippen LogP contribution in [0.2, 0.25) is 0 Å². The van der Waals surface area contributed by atoms with Gasteiger partial charge in [-0.3, -0.25) is 4.79 Å². The maximum atomic E-state index is 13.7. The molecule has 0 radical (unpaired) electrons. The first-order valence-corrected chi connectivity index (χ1v) is 8.29. The number of hydrogen-bond acceptors (Lipinski definition) is 2. The van der Waals surface area contributed by atoms with Crippen molar-refractivity contribution in [1.29, 1.82) is 0 Å². The summed E-state index contributed by atoms with van der Waals surface area (Å²) in [4.78, 5) is 12.5. The molecule has 0 aliphatic heterocycles. The fraction of sp³-hybridized carbons (Fsp3) is 0.562. The molecule has 1 aromatic rings. The van der Waals surface area contributed by atoms with Crippen molar-refractivity contribution in [2.45, 2.75) is 45.1 Å². The Labute approximate surface area is 133 Å². The van der Waals surface area contributed by atoms with Gasteiger partial charge in [-0.15, -0.1) is 0 Å². The van der Waals surface area contributed by atoms with E-state index in [0.717, 1.165) is 43.0 Å². The SMILES string of the molecule is NCC1(C(=O)NCc2cc(Br)ccc2F)CCCCCC1. The molecule has 1 aromatic carbocycles. The minimum absolute atomic E-state index is 0.0359. The summed E-state index contributed by atoms with van der Waals surface area (Å²) in [6.45, 7) is 0.561. The Hall–Kier alpha value is -0.940. The third-order valence-corrected chi connectivity index (χ3v) is 4.87. The van der Waals surface area contributed by atoms with E-state index in [9.17, 15) is 9.18 Å². The maximum absolute atomic E-state index is 13.7. The maximum Gasteiger partial charge on any atom is 0.227 e. The third-order valence-electron chi connectivity index (χ3n) is 4.38. The Bertz CT molecular complexity index is 499. The van der Waals surface area contributed by atoms with Gasteiger partial charge in [-0.2, -0.15) is 0 Å². The Morgan fingerprint density at radius 1 is 1.29 bits per heavy atom. The van der Waals surface area contributed by atoms with Gasteiger partial charge in [0.05, 0.1) is 5.41 Å². The zero-order valence-electron chi connectivity index (χ0n) is 12.1. The molecule has 116 valence electrons. The second-order valence-corrected chi connectivity index (χ2v) is 6.73. The van der Waals surface area contributed by atoms with Crippen molar-refractivity contribution in [2.24, 2.45) is 11.1 Å². The molecule has 0 unspecified atom stereocenters. The molecule has 0 heterocycles. The van der Waals surface area contributed by atoms with E-state index in [0.29, 0.717) is 12.1 Å². The molecular weight excluding hydrogens is 335 g/mol. The van der Waals surface area contributed by atoms with Crippen molar-refractivity contribution in [2.75, 3.05) is 6.54 Å². The summed E-state index contributed by atoms with van der Waals surface area (Å²) in [6, 6.07) is 4.74. The van der Waals surface area contributed by atoms with Crippen LogP contribution >= 0.6 is 15.9 Å². The topological polar surface area (TPSA) is 55.1 Å². The number of benzene rings is 1. The molecular formula is C16H22BrFN2O. The van der Waals surface area contributed by atoms with E-state index in [2.05, 4.69) is 21.2 Å². The van der Waals surface area contributed by atoms with Crippen LogP contribution in [0.3, 0.4) is 0 Å². The summed E-state index contributed by atoms with van der Waals surface area (Å²) in [5, 5.41) is 2.88. The van der Waals surface area contributed by atoms with Gasteiger partial charge in [0, 0.05) is 23.1 Å². The highest BCUT2D eigenvalue weighted by Crippen LogP contribution is 2.34. The van der Waals surface area contributed by atoms with E-state index in [1.807, 2.05) is 0 Å². The third kappa shape index (κ3) is 4.04. The van der Waals surface area contributed by atoms with Gasteiger partial charge in [-0.25, -0.2) is 4.39 Å². The van der Waals surface area contributed by atoms with Crippen LogP contribution in [0.5, 0.6) is 0 Å². The van der Waals surface area contributed by atoms with Crippen LogP contribution in [0.15, 0.2) is 22.7 Å². The van der Waals surface area contributed by atoms with Crippen LogP contribution in [-0.2, 0) is 11.3 Å². The van der Waals surface area contributed by atoms with Crippen molar-refractivity contribution in [3.63, 3.8) is 0 Å². The highest BCUT2D eigenvalue weighted by molar-refractivity contribution is 9.10. The van der Waals surface area contributed by atoms with Crippen molar-refractivity contribution in [3.05, 3.63) is 34.1 Å². The van der Waals surface area contributed by atoms with Gasteiger partial charge in [-0.05, 0) is 31.0 Å². The van der Waals surface area contributed by atoms with Gasteiger partial charge in [0.2, 0.25) is 5.91 Å². The average Bonchev–Trinajstić information content (AvgIpc) is 2.74. The van der Waals surface area contributed by atoms with E-state index < -0.39 is 5.41 Å². The number of halogens is 2. The zero-order valence-corrected chi connectivity index (χ0v) is 13.7. The van der Waals surface area contributed by atoms with Gasteiger partial charge >= 0.3 is 0 Å². The van der Waals surface area contributed by atoms with Gasteiger partial charge in [-0.1, -0.05) is 41.6 Å². The number of amides is 1. The summed E-state index contributed by atoms with van der Waals surface area (Å²) in [5.41, 5.74) is 5.90. The lowest BCUT2D eigenvalue weighted by molar-refractivity contribution is -0.131. The van der Waals surface area contributed by atoms with Crippen LogP contribution in [0.4, 0.5) is 4.39 Å². The minimum atomic E-state index is -0.473. The lowest BCUT2D eigenvalue weighted by Gasteiger charge is -2.29. The van der Waals surface area contributed by atoms with Crippen molar-refractivity contribution >= 4 is 21.8 Å². The molecule has 21 heavy (non-hydrogen) atoms. The lowest BCUT2D eigenvalue weighted by Crippen LogP contribution is -2.45. The van der Waals surface area contributed by atoms with Gasteiger partial charge in [0.25, 0.3) is 0 Å². The number of carbonyl (C=O) groups excluding carboxylic acids is 1. The highest BCUT2D eigenvalue weighted by atomic mass is 79.9. The van der Waals surface area contributed by atoms with Gasteiger partial charge in [0.1, 0.15) is 5.82 Å². The first-order chi connectivity index (χ1) is 10.1. The predicted molar refractivity (Wildman–Crippen MR) is 85.1 cm³/mol. The molecule has 1 amide bonds. The lowest BCUT2D eigenvalue weighted by atomic mass is 9.79. The molecule has 1 saturated carbocycles. The molecule has 5 heteroatoms. The van der Waals surface area contributed by atoms with Crippen LogP contribution in [0.1, 0.15) is 44.1 Å². The molecule has 0 atom stereocenters. The predicted octanol–water partition coefficient (Wildman–Crippen LogP) is 3.50. The molecule has 1 aliphatic rings. The van der Waals surface area contributed by atoms with E-state index in [4.69, 9.17) is 5.73 Å². The van der Waals surface area contributed by atoms with Crippen molar-refractivity contribution in [1.82, 2.24) is 5.32 Å². The molecule has 0 aromatic heterocycles. The Balaban J connectivity index is 2.04. The molecule has 3 N–H and O–H groups in total. The number of carbonyl (C=O) groups is 1. The Kier molecular flexibility index (Phi) is 5.76. The average molecular weight is 357 g/mol. The summed E-state index contributed by atoms with van der Waals surface area (Å²) < 4.78 is 14.5. The normalized spacial score (nSPS) is 18.0. The first-order valence-electron chi connectivity index (χ1n) is 7.50. The molecule has 3 nitrogen and oxygen atoms in total. The molecule has 1 aliphatic carbocycles. The van der Waals surface area contributed by atoms with Crippen LogP contribution < -0.4 is 11.1 Å². The smallest absolute Gasteiger partial charge is 0.227 e. The second kappa shape index (κ2) is 7.36. The fourth-order valence-electron chi connectivity index (χ4n) is 2.97. The van der Waals surface area contributed by atoms with Gasteiger partial charge in [0.15, 0.2) is 0 Å². The van der Waals surface area contributed by atoms with E-state index >= 15 is 0 Å². The second-order valence-electron chi connectivity index (χ2n) is 5.82. The van der Waals surface area contributed by atoms with E-state index in [1.165, 1.54) is 6.07 Å². The largest absolute Gasteiger partial charge is 0.351 e. The molecule has 0 spiro atoms. The molecule has 0 bridgehead atoms. The van der Waals surface area contributed by atoms with Crippen LogP contribution in [0.25, 0.3) is 0 Å². The van der Waals surface area contributed by atoms with Crippen molar-refractivity contribution in [3.8, 4) is 0 Å². The number of nitrogens with one attached hydrogen (secondary N) is 1. The van der Waals surface area contributed by atoms with Gasteiger partial charge < -0.3 is 11.1 Å². The summed E-state index contributed by atoms with van der Waals surface area (Å²) in [6.07, 6.45) is 6.06. The minimum Gasteiger partial charge on any atom is -0.351 e. The monoisotopic (exact) mass is 356 g/mol. The Morgan fingerprint density at radius 2 is 1.95 bits per heavy atom. The quantitative estimate of drug-likeness (QED) is 0.811. The molecule has 1 fully saturated rings. The number of nitrogens with two attached hydrogens (primary N) is 1. The van der Waals surface area contributed by atoms with E-state index in [-0.39, 0.29) is 18.3 Å². The van der Waals surface area contributed by atoms with Crippen LogP contribution in [-0.4, -0.2) is 12.5 Å². The Morgan fingerprint density at radius 3 is 2.57 bits per heavy atom. The number of hydrogen-bond donors (Lipinski definition) is 2. The van der Waals surface area contributed by atoms with Crippen molar-refractivity contribution < 1.29 is 9.18 Å². The first kappa shape index (κ1) is 16.4. The fourth-order valence-corrected chi connectivity index (χ4v) is 3.38. The molecule has 0 saturated heterocycles.